The lowest BCUT2D eigenvalue weighted by Crippen LogP contribution is -2.36. The van der Waals surface area contributed by atoms with Gasteiger partial charge in [-0.05, 0) is 32.5 Å². The highest BCUT2D eigenvalue weighted by Crippen LogP contribution is 2.27. The van der Waals surface area contributed by atoms with Gasteiger partial charge < -0.3 is 15.0 Å². The van der Waals surface area contributed by atoms with Crippen LogP contribution in [0.4, 0.5) is 0 Å². The van der Waals surface area contributed by atoms with Crippen LogP contribution in [0.3, 0.4) is 0 Å². The summed E-state index contributed by atoms with van der Waals surface area (Å²) in [4.78, 5) is 2.49. The monoisotopic (exact) mass is 278 g/mol. The fourth-order valence-electron chi connectivity index (χ4n) is 2.58. The first-order valence-electron chi connectivity index (χ1n) is 7.55. The molecule has 1 aromatic rings. The first-order chi connectivity index (χ1) is 9.51. The molecule has 0 spiro atoms. The van der Waals surface area contributed by atoms with Crippen molar-refractivity contribution in [3.63, 3.8) is 0 Å². The van der Waals surface area contributed by atoms with Crippen LogP contribution in [-0.4, -0.2) is 38.7 Å². The highest BCUT2D eigenvalue weighted by molar-refractivity contribution is 5.39. The average Bonchev–Trinajstić information content (AvgIpc) is 2.42. The molecule has 1 N–H and O–H groups in total. The van der Waals surface area contributed by atoms with Gasteiger partial charge in [-0.3, -0.25) is 0 Å². The summed E-state index contributed by atoms with van der Waals surface area (Å²) in [7, 11) is 3.77. The second-order valence-electron chi connectivity index (χ2n) is 5.83. The van der Waals surface area contributed by atoms with Crippen molar-refractivity contribution in [3.05, 3.63) is 29.3 Å². The number of ether oxygens (including phenoxy) is 1. The molecule has 0 saturated carbocycles. The van der Waals surface area contributed by atoms with Crippen LogP contribution in [0.25, 0.3) is 0 Å². The summed E-state index contributed by atoms with van der Waals surface area (Å²) in [5.41, 5.74) is 2.52. The third kappa shape index (κ3) is 4.80. The Bertz CT molecular complexity index is 404. The van der Waals surface area contributed by atoms with Gasteiger partial charge in [-0.15, -0.1) is 0 Å². The van der Waals surface area contributed by atoms with E-state index >= 15 is 0 Å². The molecule has 114 valence electrons. The fraction of sp³-hybridized carbons (Fsp3) is 0.647. The summed E-state index contributed by atoms with van der Waals surface area (Å²) in [6.07, 6.45) is 0. The number of hydrogen-bond donors (Lipinski definition) is 1. The van der Waals surface area contributed by atoms with Crippen molar-refractivity contribution in [1.82, 2.24) is 10.2 Å². The predicted molar refractivity (Wildman–Crippen MR) is 86.5 cm³/mol. The molecular weight excluding hydrogens is 248 g/mol. The van der Waals surface area contributed by atoms with E-state index in [1.165, 1.54) is 11.1 Å². The summed E-state index contributed by atoms with van der Waals surface area (Å²) >= 11 is 0. The van der Waals surface area contributed by atoms with Crippen molar-refractivity contribution >= 4 is 0 Å². The SMILES string of the molecule is CCN(CC(C)C)CC(NC)c1cc(C)ccc1OC. The normalized spacial score (nSPS) is 13.0. The molecule has 0 fully saturated rings. The van der Waals surface area contributed by atoms with E-state index in [-0.39, 0.29) is 0 Å². The summed E-state index contributed by atoms with van der Waals surface area (Å²) in [5.74, 6) is 1.66. The molecule has 3 nitrogen and oxygen atoms in total. The van der Waals surface area contributed by atoms with Crippen molar-refractivity contribution in [2.24, 2.45) is 5.92 Å². The number of methoxy groups -OCH3 is 1. The van der Waals surface area contributed by atoms with Gasteiger partial charge >= 0.3 is 0 Å². The Morgan fingerprint density at radius 2 is 1.95 bits per heavy atom. The van der Waals surface area contributed by atoms with Gasteiger partial charge in [0.15, 0.2) is 0 Å². The zero-order valence-corrected chi connectivity index (χ0v) is 13.9. The summed E-state index contributed by atoms with van der Waals surface area (Å²) in [6, 6.07) is 6.68. The van der Waals surface area contributed by atoms with Crippen LogP contribution >= 0.6 is 0 Å². The summed E-state index contributed by atoms with van der Waals surface area (Å²) in [6.45, 7) is 12.1. The van der Waals surface area contributed by atoms with Crippen LogP contribution < -0.4 is 10.1 Å². The minimum Gasteiger partial charge on any atom is -0.496 e. The average molecular weight is 278 g/mol. The highest BCUT2D eigenvalue weighted by Gasteiger charge is 2.18. The molecule has 20 heavy (non-hydrogen) atoms. The van der Waals surface area contributed by atoms with Gasteiger partial charge in [0.2, 0.25) is 0 Å². The lowest BCUT2D eigenvalue weighted by molar-refractivity contribution is 0.230. The maximum atomic E-state index is 5.52. The summed E-state index contributed by atoms with van der Waals surface area (Å²) in [5, 5.41) is 3.44. The third-order valence-electron chi connectivity index (χ3n) is 3.62. The van der Waals surface area contributed by atoms with Crippen molar-refractivity contribution in [2.45, 2.75) is 33.7 Å². The number of likely N-dealkylation sites (N-methyl/N-ethyl adjacent to an activating group) is 2. The molecule has 1 aromatic carbocycles. The maximum absolute atomic E-state index is 5.52. The van der Waals surface area contributed by atoms with E-state index in [4.69, 9.17) is 4.74 Å². The lowest BCUT2D eigenvalue weighted by Gasteiger charge is -2.28. The van der Waals surface area contributed by atoms with E-state index in [2.05, 4.69) is 56.1 Å². The Kier molecular flexibility index (Phi) is 7.03. The molecule has 0 aliphatic heterocycles. The van der Waals surface area contributed by atoms with Crippen LogP contribution in [-0.2, 0) is 0 Å². The maximum Gasteiger partial charge on any atom is 0.123 e. The Morgan fingerprint density at radius 1 is 1.25 bits per heavy atom. The Hall–Kier alpha value is -1.06. The smallest absolute Gasteiger partial charge is 0.123 e. The van der Waals surface area contributed by atoms with Crippen molar-refractivity contribution in [2.75, 3.05) is 33.8 Å². The fourth-order valence-corrected chi connectivity index (χ4v) is 2.58. The van der Waals surface area contributed by atoms with Gasteiger partial charge in [0, 0.05) is 24.7 Å². The standard InChI is InChI=1S/C17H30N2O/c1-7-19(11-13(2)3)12-16(18-5)15-10-14(4)8-9-17(15)20-6/h8-10,13,16,18H,7,11-12H2,1-6H3. The molecule has 0 amide bonds. The Morgan fingerprint density at radius 3 is 2.45 bits per heavy atom. The van der Waals surface area contributed by atoms with Gasteiger partial charge in [0.05, 0.1) is 7.11 Å². The molecule has 0 aliphatic rings. The molecule has 0 saturated heterocycles. The molecule has 1 unspecified atom stereocenters. The number of nitrogens with one attached hydrogen (secondary N) is 1. The molecule has 1 atom stereocenters. The Labute approximate surface area is 124 Å². The lowest BCUT2D eigenvalue weighted by atomic mass is 10.0. The zero-order chi connectivity index (χ0) is 15.1. The van der Waals surface area contributed by atoms with Crippen LogP contribution in [0.5, 0.6) is 5.75 Å². The van der Waals surface area contributed by atoms with E-state index in [0.29, 0.717) is 12.0 Å². The van der Waals surface area contributed by atoms with Crippen LogP contribution in [0.1, 0.15) is 37.9 Å². The molecule has 0 aliphatic carbocycles. The second kappa shape index (κ2) is 8.28. The van der Waals surface area contributed by atoms with Crippen LogP contribution in [0.15, 0.2) is 18.2 Å². The van der Waals surface area contributed by atoms with Crippen molar-refractivity contribution in [1.29, 1.82) is 0 Å². The molecule has 0 bridgehead atoms. The molecule has 0 radical (unpaired) electrons. The Balaban J connectivity index is 2.92. The van der Waals surface area contributed by atoms with Gasteiger partial charge in [0.25, 0.3) is 0 Å². The molecule has 3 heteroatoms. The number of rotatable bonds is 8. The number of aryl methyl sites for hydroxylation is 1. The van der Waals surface area contributed by atoms with E-state index in [1.807, 2.05) is 7.05 Å². The first kappa shape index (κ1) is 17.0. The number of benzene rings is 1. The van der Waals surface area contributed by atoms with Crippen LogP contribution in [0.2, 0.25) is 0 Å². The van der Waals surface area contributed by atoms with Gasteiger partial charge in [0.1, 0.15) is 5.75 Å². The largest absolute Gasteiger partial charge is 0.496 e. The topological polar surface area (TPSA) is 24.5 Å². The van der Waals surface area contributed by atoms with Crippen molar-refractivity contribution < 1.29 is 4.74 Å². The number of nitrogens with zero attached hydrogens (tertiary/aromatic N) is 1. The third-order valence-corrected chi connectivity index (χ3v) is 3.62. The minimum absolute atomic E-state index is 0.295. The quantitative estimate of drug-likeness (QED) is 0.790. The molecular formula is C17H30N2O. The molecule has 0 aromatic heterocycles. The van der Waals surface area contributed by atoms with E-state index in [9.17, 15) is 0 Å². The number of hydrogen-bond acceptors (Lipinski definition) is 3. The summed E-state index contributed by atoms with van der Waals surface area (Å²) < 4.78 is 5.52. The van der Waals surface area contributed by atoms with Crippen LogP contribution in [0, 0.1) is 12.8 Å². The zero-order valence-electron chi connectivity index (χ0n) is 13.9. The van der Waals surface area contributed by atoms with Crippen molar-refractivity contribution in [3.8, 4) is 5.75 Å². The second-order valence-corrected chi connectivity index (χ2v) is 5.83. The van der Waals surface area contributed by atoms with E-state index in [1.54, 1.807) is 7.11 Å². The molecule has 1 rings (SSSR count). The van der Waals surface area contributed by atoms with Gasteiger partial charge in [-0.25, -0.2) is 0 Å². The van der Waals surface area contributed by atoms with E-state index in [0.717, 1.165) is 25.4 Å². The van der Waals surface area contributed by atoms with Gasteiger partial charge in [-0.1, -0.05) is 38.5 Å². The van der Waals surface area contributed by atoms with E-state index < -0.39 is 0 Å². The first-order valence-corrected chi connectivity index (χ1v) is 7.55. The van der Waals surface area contributed by atoms with Gasteiger partial charge in [-0.2, -0.15) is 0 Å². The predicted octanol–water partition coefficient (Wildman–Crippen LogP) is 3.24. The minimum atomic E-state index is 0.295. The highest BCUT2D eigenvalue weighted by atomic mass is 16.5. The molecule has 0 heterocycles.